The third-order valence-corrected chi connectivity index (χ3v) is 5.78. The summed E-state index contributed by atoms with van der Waals surface area (Å²) < 4.78 is 0. The normalized spacial score (nSPS) is 14.0. The number of hydrogen-bond acceptors (Lipinski definition) is 6. The van der Waals surface area contributed by atoms with E-state index in [2.05, 4.69) is 17.6 Å². The molecule has 0 spiro atoms. The first-order valence-electron chi connectivity index (χ1n) is 9.84. The minimum absolute atomic E-state index is 0.00803. The van der Waals surface area contributed by atoms with Gasteiger partial charge in [0.25, 0.3) is 11.6 Å². The Morgan fingerprint density at radius 3 is 2.53 bits per heavy atom. The van der Waals surface area contributed by atoms with Crippen LogP contribution in [0.15, 0.2) is 36.4 Å². The van der Waals surface area contributed by atoms with Crippen LogP contribution < -0.4 is 15.5 Å². The van der Waals surface area contributed by atoms with Crippen molar-refractivity contribution in [1.29, 1.82) is 0 Å². The van der Waals surface area contributed by atoms with E-state index in [9.17, 15) is 19.7 Å². The van der Waals surface area contributed by atoms with Crippen LogP contribution in [-0.4, -0.2) is 40.1 Å². The maximum atomic E-state index is 13.0. The number of halogens is 1. The highest BCUT2D eigenvalue weighted by molar-refractivity contribution is 7.80. The number of nitro groups is 1. The Morgan fingerprint density at radius 1 is 1.22 bits per heavy atom. The lowest BCUT2D eigenvalue weighted by atomic mass is 9.98. The topological polar surface area (TPSA) is 125 Å². The van der Waals surface area contributed by atoms with Gasteiger partial charge >= 0.3 is 5.97 Å². The molecule has 1 amide bonds. The molecule has 1 aliphatic heterocycles. The molecule has 32 heavy (non-hydrogen) atoms. The SMILES string of the molecule is CC1CCN(c2ccc([N+](=O)[O-])cc2C(=O)NC(=S)Nc2cc(C(=O)O)ccc2Cl)CC1. The van der Waals surface area contributed by atoms with Crippen LogP contribution in [0.25, 0.3) is 0 Å². The molecule has 0 saturated carbocycles. The van der Waals surface area contributed by atoms with Gasteiger partial charge in [0, 0.05) is 25.2 Å². The van der Waals surface area contributed by atoms with E-state index in [1.54, 1.807) is 6.07 Å². The zero-order valence-corrected chi connectivity index (χ0v) is 18.7. The molecule has 2 aromatic rings. The highest BCUT2D eigenvalue weighted by Gasteiger charge is 2.24. The quantitative estimate of drug-likeness (QED) is 0.331. The molecule has 2 aromatic carbocycles. The molecule has 0 atom stereocenters. The number of piperidine rings is 1. The first kappa shape index (κ1) is 23.4. The van der Waals surface area contributed by atoms with E-state index >= 15 is 0 Å². The maximum absolute atomic E-state index is 13.0. The Balaban J connectivity index is 1.82. The van der Waals surface area contributed by atoms with E-state index in [0.29, 0.717) is 11.6 Å². The van der Waals surface area contributed by atoms with Crippen LogP contribution >= 0.6 is 23.8 Å². The van der Waals surface area contributed by atoms with E-state index < -0.39 is 16.8 Å². The van der Waals surface area contributed by atoms with Gasteiger partial charge in [-0.1, -0.05) is 18.5 Å². The second-order valence-electron chi connectivity index (χ2n) is 7.54. The zero-order chi connectivity index (χ0) is 23.4. The number of carboxylic acids is 1. The first-order chi connectivity index (χ1) is 15.2. The van der Waals surface area contributed by atoms with E-state index in [1.165, 1.54) is 30.3 Å². The molecule has 3 N–H and O–H groups in total. The van der Waals surface area contributed by atoms with Crippen LogP contribution in [0.3, 0.4) is 0 Å². The third-order valence-electron chi connectivity index (χ3n) is 5.25. The summed E-state index contributed by atoms with van der Waals surface area (Å²) in [4.78, 5) is 36.9. The molecule has 1 fully saturated rings. The highest BCUT2D eigenvalue weighted by atomic mass is 35.5. The number of thiocarbonyl (C=S) groups is 1. The number of nitrogens with one attached hydrogen (secondary N) is 2. The maximum Gasteiger partial charge on any atom is 0.335 e. The molecule has 0 radical (unpaired) electrons. The second kappa shape index (κ2) is 9.92. The van der Waals surface area contributed by atoms with Crippen molar-refractivity contribution in [3.8, 4) is 0 Å². The van der Waals surface area contributed by atoms with Crippen molar-refractivity contribution >= 4 is 57.9 Å². The van der Waals surface area contributed by atoms with Crippen LogP contribution in [0.5, 0.6) is 0 Å². The Hall–Kier alpha value is -3.24. The number of rotatable bonds is 5. The highest BCUT2D eigenvalue weighted by Crippen LogP contribution is 2.29. The molecule has 168 valence electrons. The third kappa shape index (κ3) is 5.51. The van der Waals surface area contributed by atoms with Crippen molar-refractivity contribution in [2.45, 2.75) is 19.8 Å². The van der Waals surface area contributed by atoms with Gasteiger partial charge in [0.2, 0.25) is 0 Å². The van der Waals surface area contributed by atoms with Gasteiger partial charge in [-0.05, 0) is 55.2 Å². The smallest absolute Gasteiger partial charge is 0.335 e. The summed E-state index contributed by atoms with van der Waals surface area (Å²) in [6, 6.07) is 8.20. The summed E-state index contributed by atoms with van der Waals surface area (Å²) in [6.07, 6.45) is 1.91. The molecule has 11 heteroatoms. The Morgan fingerprint density at radius 2 is 1.91 bits per heavy atom. The van der Waals surface area contributed by atoms with Gasteiger partial charge in [-0.3, -0.25) is 20.2 Å². The second-order valence-corrected chi connectivity index (χ2v) is 8.35. The van der Waals surface area contributed by atoms with E-state index in [0.717, 1.165) is 25.9 Å². The fraction of sp³-hybridized carbons (Fsp3) is 0.286. The number of carbonyl (C=O) groups is 2. The van der Waals surface area contributed by atoms with Gasteiger partial charge in [-0.15, -0.1) is 0 Å². The van der Waals surface area contributed by atoms with Gasteiger partial charge in [-0.2, -0.15) is 0 Å². The molecule has 0 aliphatic carbocycles. The molecule has 0 aromatic heterocycles. The molecule has 9 nitrogen and oxygen atoms in total. The van der Waals surface area contributed by atoms with Crippen molar-refractivity contribution in [3.05, 3.63) is 62.7 Å². The van der Waals surface area contributed by atoms with Crippen LogP contribution in [-0.2, 0) is 0 Å². The minimum atomic E-state index is -1.14. The fourth-order valence-electron chi connectivity index (χ4n) is 3.42. The Bertz CT molecular complexity index is 1090. The zero-order valence-electron chi connectivity index (χ0n) is 17.1. The van der Waals surface area contributed by atoms with E-state index in [4.69, 9.17) is 28.9 Å². The molecule has 0 bridgehead atoms. The van der Waals surface area contributed by atoms with Crippen LogP contribution in [0, 0.1) is 16.0 Å². The number of nitro benzene ring substituents is 1. The van der Waals surface area contributed by atoms with Crippen LogP contribution in [0.2, 0.25) is 5.02 Å². The van der Waals surface area contributed by atoms with Gasteiger partial charge in [0.05, 0.1) is 32.4 Å². The number of carbonyl (C=O) groups excluding carboxylic acids is 1. The van der Waals surface area contributed by atoms with Crippen molar-refractivity contribution < 1.29 is 19.6 Å². The number of nitrogens with zero attached hydrogens (tertiary/aromatic N) is 2. The number of aromatic carboxylic acids is 1. The predicted molar refractivity (Wildman–Crippen MR) is 126 cm³/mol. The summed E-state index contributed by atoms with van der Waals surface area (Å²) in [5, 5.41) is 25.7. The van der Waals surface area contributed by atoms with Crippen molar-refractivity contribution in [2.24, 2.45) is 5.92 Å². The van der Waals surface area contributed by atoms with Gasteiger partial charge in [-0.25, -0.2) is 4.79 Å². The predicted octanol–water partition coefficient (Wildman–Crippen LogP) is 4.31. The number of anilines is 2. The fourth-order valence-corrected chi connectivity index (χ4v) is 3.79. The molecular formula is C21H21ClN4O5S. The lowest BCUT2D eigenvalue weighted by molar-refractivity contribution is -0.384. The van der Waals surface area contributed by atoms with Crippen molar-refractivity contribution in [1.82, 2.24) is 5.32 Å². The standard InChI is InChI=1S/C21H21ClN4O5S/c1-12-6-8-25(9-7-12)18-5-3-14(26(30)31)11-15(18)19(27)24-21(32)23-17-10-13(20(28)29)2-4-16(17)22/h2-5,10-12H,6-9H2,1H3,(H,28,29)(H2,23,24,27,32). The molecule has 0 unspecified atom stereocenters. The lowest BCUT2D eigenvalue weighted by Crippen LogP contribution is -2.37. The molecular weight excluding hydrogens is 456 g/mol. The van der Waals surface area contributed by atoms with Crippen molar-refractivity contribution in [2.75, 3.05) is 23.3 Å². The van der Waals surface area contributed by atoms with E-state index in [-0.39, 0.29) is 32.6 Å². The summed E-state index contributed by atoms with van der Waals surface area (Å²) in [7, 11) is 0. The first-order valence-corrected chi connectivity index (χ1v) is 10.6. The van der Waals surface area contributed by atoms with E-state index in [1.807, 2.05) is 4.90 Å². The molecule has 1 heterocycles. The minimum Gasteiger partial charge on any atom is -0.478 e. The molecule has 3 rings (SSSR count). The Kier molecular flexibility index (Phi) is 7.26. The summed E-state index contributed by atoms with van der Waals surface area (Å²) in [5.74, 6) is -1.19. The van der Waals surface area contributed by atoms with Gasteiger partial charge in [0.15, 0.2) is 5.11 Å². The molecule has 1 saturated heterocycles. The number of amides is 1. The van der Waals surface area contributed by atoms with Crippen molar-refractivity contribution in [3.63, 3.8) is 0 Å². The number of benzene rings is 2. The monoisotopic (exact) mass is 476 g/mol. The summed E-state index contributed by atoms with van der Waals surface area (Å²) >= 11 is 11.3. The van der Waals surface area contributed by atoms with Crippen LogP contribution in [0.4, 0.5) is 17.1 Å². The summed E-state index contributed by atoms with van der Waals surface area (Å²) in [5.41, 5.74) is 0.713. The summed E-state index contributed by atoms with van der Waals surface area (Å²) in [6.45, 7) is 3.63. The molecule has 1 aliphatic rings. The largest absolute Gasteiger partial charge is 0.478 e. The Labute approximate surface area is 194 Å². The number of carboxylic acid groups (broad SMARTS) is 1. The number of non-ortho nitro benzene ring substituents is 1. The average molecular weight is 477 g/mol. The number of hydrogen-bond donors (Lipinski definition) is 3. The van der Waals surface area contributed by atoms with Gasteiger partial charge in [0.1, 0.15) is 0 Å². The lowest BCUT2D eigenvalue weighted by Gasteiger charge is -2.33. The average Bonchev–Trinajstić information content (AvgIpc) is 2.75. The van der Waals surface area contributed by atoms with Gasteiger partial charge < -0.3 is 15.3 Å². The van der Waals surface area contributed by atoms with Crippen LogP contribution in [0.1, 0.15) is 40.5 Å².